The lowest BCUT2D eigenvalue weighted by Gasteiger charge is -2.17. The van der Waals surface area contributed by atoms with E-state index in [1.54, 1.807) is 0 Å². The summed E-state index contributed by atoms with van der Waals surface area (Å²) in [6.45, 7) is 3.07. The number of hydrogen-bond acceptors (Lipinski definition) is 1. The Balaban J connectivity index is 2.49. The van der Waals surface area contributed by atoms with Crippen LogP contribution in [0.3, 0.4) is 0 Å². The second-order valence-corrected chi connectivity index (χ2v) is 4.94. The van der Waals surface area contributed by atoms with Crippen molar-refractivity contribution in [1.29, 1.82) is 0 Å². The predicted octanol–water partition coefficient (Wildman–Crippen LogP) is 3.51. The standard InChI is InChI=1S/C11H12F2NOP/c1-6-3-7-4-10(15-11(2,13)16)8(12)5-9(7)14-6/h3-5,14H,16H2,1-2H3. The van der Waals surface area contributed by atoms with E-state index in [0.29, 0.717) is 5.52 Å². The molecule has 0 aliphatic rings. The summed E-state index contributed by atoms with van der Waals surface area (Å²) in [5.41, 5.74) is -0.382. The van der Waals surface area contributed by atoms with Crippen molar-refractivity contribution in [3.63, 3.8) is 0 Å². The van der Waals surface area contributed by atoms with Crippen LogP contribution in [0.1, 0.15) is 12.6 Å². The average molecular weight is 243 g/mol. The van der Waals surface area contributed by atoms with Crippen LogP contribution >= 0.6 is 9.24 Å². The van der Waals surface area contributed by atoms with Gasteiger partial charge in [-0.1, -0.05) is 9.24 Å². The summed E-state index contributed by atoms with van der Waals surface area (Å²) in [6.07, 6.45) is 0. The van der Waals surface area contributed by atoms with Crippen LogP contribution in [0.2, 0.25) is 0 Å². The molecule has 1 N–H and O–H groups in total. The van der Waals surface area contributed by atoms with Gasteiger partial charge in [-0.3, -0.25) is 0 Å². The number of ether oxygens (including phenoxy) is 1. The Bertz CT molecular complexity index is 530. The number of benzene rings is 1. The number of nitrogens with one attached hydrogen (secondary N) is 1. The quantitative estimate of drug-likeness (QED) is 0.802. The van der Waals surface area contributed by atoms with Crippen molar-refractivity contribution in [2.45, 2.75) is 19.4 Å². The average Bonchev–Trinajstić information content (AvgIpc) is 2.42. The van der Waals surface area contributed by atoms with Gasteiger partial charge in [-0.05, 0) is 19.1 Å². The molecule has 0 radical (unpaired) electrons. The second kappa shape index (κ2) is 3.70. The lowest BCUT2D eigenvalue weighted by molar-refractivity contribution is 0.0435. The minimum absolute atomic E-state index is 0.0912. The number of aromatic nitrogens is 1. The number of alkyl halides is 1. The highest BCUT2D eigenvalue weighted by Crippen LogP contribution is 2.30. The number of halogens is 2. The molecule has 0 fully saturated rings. The van der Waals surface area contributed by atoms with Crippen molar-refractivity contribution >= 4 is 20.1 Å². The first-order valence-electron chi connectivity index (χ1n) is 4.81. The molecule has 0 bridgehead atoms. The molecule has 0 aliphatic carbocycles. The monoisotopic (exact) mass is 243 g/mol. The molecule has 2 rings (SSSR count). The molecule has 0 spiro atoms. The molecule has 5 heteroatoms. The van der Waals surface area contributed by atoms with E-state index in [1.165, 1.54) is 19.1 Å². The van der Waals surface area contributed by atoms with E-state index in [4.69, 9.17) is 4.74 Å². The number of hydrogen-bond donors (Lipinski definition) is 1. The maximum atomic E-state index is 13.5. The van der Waals surface area contributed by atoms with Crippen LogP contribution in [-0.2, 0) is 0 Å². The van der Waals surface area contributed by atoms with Crippen LogP contribution in [-0.4, -0.2) is 10.6 Å². The van der Waals surface area contributed by atoms with Crippen molar-refractivity contribution in [3.8, 4) is 5.75 Å². The molecule has 0 saturated carbocycles. The van der Waals surface area contributed by atoms with E-state index in [9.17, 15) is 8.78 Å². The van der Waals surface area contributed by atoms with Crippen molar-refractivity contribution in [3.05, 3.63) is 29.7 Å². The maximum Gasteiger partial charge on any atom is 0.256 e. The highest BCUT2D eigenvalue weighted by Gasteiger charge is 2.20. The SMILES string of the molecule is Cc1cc2cc(OC(C)(F)P)c(F)cc2[nH]1. The normalized spacial score (nSPS) is 15.1. The van der Waals surface area contributed by atoms with E-state index in [-0.39, 0.29) is 5.75 Å². The summed E-state index contributed by atoms with van der Waals surface area (Å²) in [7, 11) is 1.87. The number of fused-ring (bicyclic) bond motifs is 1. The number of H-pyrrole nitrogens is 1. The number of aromatic amines is 1. The zero-order valence-electron chi connectivity index (χ0n) is 8.97. The molecular formula is C11H12F2NOP. The van der Waals surface area contributed by atoms with Crippen molar-refractivity contribution in [2.75, 3.05) is 0 Å². The summed E-state index contributed by atoms with van der Waals surface area (Å²) in [5, 5.41) is 0.795. The largest absolute Gasteiger partial charge is 0.452 e. The summed E-state index contributed by atoms with van der Waals surface area (Å²) in [6, 6.07) is 4.63. The van der Waals surface area contributed by atoms with Gasteiger partial charge < -0.3 is 9.72 Å². The fourth-order valence-electron chi connectivity index (χ4n) is 1.57. The molecule has 2 atom stereocenters. The van der Waals surface area contributed by atoms with Crippen LogP contribution < -0.4 is 4.74 Å². The van der Waals surface area contributed by atoms with Crippen molar-refractivity contribution < 1.29 is 13.5 Å². The van der Waals surface area contributed by atoms with Crippen LogP contribution in [0, 0.1) is 12.7 Å². The number of rotatable bonds is 2. The fourth-order valence-corrected chi connectivity index (χ4v) is 1.70. The summed E-state index contributed by atoms with van der Waals surface area (Å²) >= 11 is 0. The zero-order chi connectivity index (χ0) is 11.9. The molecule has 1 aromatic heterocycles. The topological polar surface area (TPSA) is 25.0 Å². The summed E-state index contributed by atoms with van der Waals surface area (Å²) < 4.78 is 31.6. The van der Waals surface area contributed by atoms with Crippen LogP contribution in [0.25, 0.3) is 10.9 Å². The van der Waals surface area contributed by atoms with Gasteiger partial charge in [0.05, 0.1) is 0 Å². The molecule has 0 amide bonds. The predicted molar refractivity (Wildman–Crippen MR) is 62.8 cm³/mol. The highest BCUT2D eigenvalue weighted by atomic mass is 31.0. The van der Waals surface area contributed by atoms with E-state index in [1.807, 2.05) is 22.2 Å². The maximum absolute atomic E-state index is 13.5. The lowest BCUT2D eigenvalue weighted by Crippen LogP contribution is -2.17. The Labute approximate surface area is 94.2 Å². The van der Waals surface area contributed by atoms with Gasteiger partial charge in [0, 0.05) is 29.6 Å². The van der Waals surface area contributed by atoms with Crippen molar-refractivity contribution in [2.24, 2.45) is 0 Å². The van der Waals surface area contributed by atoms with E-state index >= 15 is 0 Å². The molecule has 0 saturated heterocycles. The lowest BCUT2D eigenvalue weighted by atomic mass is 10.2. The molecule has 1 aromatic carbocycles. The van der Waals surface area contributed by atoms with Gasteiger partial charge in [0.25, 0.3) is 5.60 Å². The Morgan fingerprint density at radius 2 is 2.06 bits per heavy atom. The van der Waals surface area contributed by atoms with Crippen LogP contribution in [0.15, 0.2) is 18.2 Å². The molecule has 0 aliphatic heterocycles. The smallest absolute Gasteiger partial charge is 0.256 e. The molecule has 1 heterocycles. The molecular weight excluding hydrogens is 231 g/mol. The first kappa shape index (κ1) is 11.3. The van der Waals surface area contributed by atoms with Gasteiger partial charge in [-0.2, -0.15) is 4.39 Å². The van der Waals surface area contributed by atoms with Gasteiger partial charge in [0.2, 0.25) is 0 Å². The molecule has 2 unspecified atom stereocenters. The zero-order valence-corrected chi connectivity index (χ0v) is 10.1. The second-order valence-electron chi connectivity index (χ2n) is 3.91. The Hall–Kier alpha value is -1.15. The van der Waals surface area contributed by atoms with Crippen molar-refractivity contribution in [1.82, 2.24) is 4.98 Å². The minimum atomic E-state index is -1.97. The minimum Gasteiger partial charge on any atom is -0.452 e. The van der Waals surface area contributed by atoms with Gasteiger partial charge in [-0.25, -0.2) is 4.39 Å². The molecule has 16 heavy (non-hydrogen) atoms. The van der Waals surface area contributed by atoms with Gasteiger partial charge in [0.1, 0.15) is 0 Å². The third kappa shape index (κ3) is 2.33. The first-order chi connectivity index (χ1) is 7.35. The fraction of sp³-hybridized carbons (Fsp3) is 0.273. The molecule has 2 aromatic rings. The Morgan fingerprint density at radius 1 is 1.38 bits per heavy atom. The first-order valence-corrected chi connectivity index (χ1v) is 5.38. The summed E-state index contributed by atoms with van der Waals surface area (Å²) in [4.78, 5) is 2.99. The van der Waals surface area contributed by atoms with E-state index in [2.05, 4.69) is 4.98 Å². The molecule has 86 valence electrons. The van der Waals surface area contributed by atoms with Gasteiger partial charge in [0.15, 0.2) is 11.6 Å². The van der Waals surface area contributed by atoms with Gasteiger partial charge in [-0.15, -0.1) is 0 Å². The highest BCUT2D eigenvalue weighted by molar-refractivity contribution is 7.18. The van der Waals surface area contributed by atoms with Gasteiger partial charge >= 0.3 is 0 Å². The van der Waals surface area contributed by atoms with Crippen LogP contribution in [0.5, 0.6) is 5.75 Å². The van der Waals surface area contributed by atoms with Crippen LogP contribution in [0.4, 0.5) is 8.78 Å². The number of aryl methyl sites for hydroxylation is 1. The Morgan fingerprint density at radius 3 is 2.69 bits per heavy atom. The van der Waals surface area contributed by atoms with E-state index in [0.717, 1.165) is 11.1 Å². The van der Waals surface area contributed by atoms with E-state index < -0.39 is 11.4 Å². The summed E-state index contributed by atoms with van der Waals surface area (Å²) in [5.74, 6) is -0.674. The molecule has 2 nitrogen and oxygen atoms in total. The third-order valence-electron chi connectivity index (χ3n) is 2.12. The Kier molecular flexibility index (Phi) is 2.62. The third-order valence-corrected chi connectivity index (χ3v) is 2.24.